The Hall–Kier alpha value is -2.05. The Labute approximate surface area is 167 Å². The van der Waals surface area contributed by atoms with Crippen LogP contribution in [-0.4, -0.2) is 63.4 Å². The molecule has 6 heteroatoms. The number of benzene rings is 1. The molecular weight excluding hydrogens is 356 g/mol. The van der Waals surface area contributed by atoms with Gasteiger partial charge in [-0.2, -0.15) is 0 Å². The number of carbonyl (C=O) groups is 1. The van der Waals surface area contributed by atoms with Crippen molar-refractivity contribution in [3.63, 3.8) is 0 Å². The topological polar surface area (TPSA) is 60.0 Å². The SMILES string of the molecule is COc1ccc(OC)c(/C=C/C(=O)NCC2(N3CCOCC3)CCCCC2)c1. The van der Waals surface area contributed by atoms with Crippen LogP contribution in [0.3, 0.4) is 0 Å². The Morgan fingerprint density at radius 1 is 1.18 bits per heavy atom. The zero-order valence-electron chi connectivity index (χ0n) is 17.0. The van der Waals surface area contributed by atoms with Gasteiger partial charge in [-0.3, -0.25) is 9.69 Å². The van der Waals surface area contributed by atoms with Crippen LogP contribution >= 0.6 is 0 Å². The number of carbonyl (C=O) groups excluding carboxylic acids is 1. The van der Waals surface area contributed by atoms with Crippen LogP contribution in [0, 0.1) is 0 Å². The number of nitrogens with one attached hydrogen (secondary N) is 1. The lowest BCUT2D eigenvalue weighted by atomic mass is 9.79. The molecule has 1 aromatic rings. The summed E-state index contributed by atoms with van der Waals surface area (Å²) in [5, 5.41) is 3.15. The Morgan fingerprint density at radius 3 is 2.61 bits per heavy atom. The van der Waals surface area contributed by atoms with Crippen molar-refractivity contribution in [1.82, 2.24) is 10.2 Å². The van der Waals surface area contributed by atoms with Crippen LogP contribution in [0.1, 0.15) is 37.7 Å². The summed E-state index contributed by atoms with van der Waals surface area (Å²) in [6.07, 6.45) is 9.37. The van der Waals surface area contributed by atoms with Crippen LogP contribution in [0.25, 0.3) is 6.08 Å². The quantitative estimate of drug-likeness (QED) is 0.728. The van der Waals surface area contributed by atoms with Crippen molar-refractivity contribution in [3.05, 3.63) is 29.8 Å². The number of rotatable bonds is 7. The molecule has 0 atom stereocenters. The second kappa shape index (κ2) is 9.94. The largest absolute Gasteiger partial charge is 0.497 e. The predicted molar refractivity (Wildman–Crippen MR) is 110 cm³/mol. The van der Waals surface area contributed by atoms with Gasteiger partial charge in [0.1, 0.15) is 11.5 Å². The molecule has 0 bridgehead atoms. The first-order chi connectivity index (χ1) is 13.7. The van der Waals surface area contributed by atoms with E-state index in [1.165, 1.54) is 19.3 Å². The van der Waals surface area contributed by atoms with E-state index in [4.69, 9.17) is 14.2 Å². The number of methoxy groups -OCH3 is 2. The third kappa shape index (κ3) is 5.06. The number of hydrogen-bond donors (Lipinski definition) is 1. The highest BCUT2D eigenvalue weighted by Crippen LogP contribution is 2.34. The molecule has 1 aromatic carbocycles. The van der Waals surface area contributed by atoms with Crippen LogP contribution < -0.4 is 14.8 Å². The average molecular weight is 389 g/mol. The van der Waals surface area contributed by atoms with Crippen LogP contribution in [0.5, 0.6) is 11.5 Å². The third-order valence-corrected chi connectivity index (χ3v) is 5.91. The van der Waals surface area contributed by atoms with Crippen LogP contribution in [0.4, 0.5) is 0 Å². The molecule has 2 aliphatic rings. The minimum Gasteiger partial charge on any atom is -0.497 e. The summed E-state index contributed by atoms with van der Waals surface area (Å²) in [5.74, 6) is 1.36. The summed E-state index contributed by atoms with van der Waals surface area (Å²) in [4.78, 5) is 15.1. The van der Waals surface area contributed by atoms with Crippen molar-refractivity contribution in [2.75, 3.05) is 47.1 Å². The van der Waals surface area contributed by atoms with E-state index in [1.807, 2.05) is 18.2 Å². The van der Waals surface area contributed by atoms with E-state index in [1.54, 1.807) is 26.4 Å². The molecule has 3 rings (SSSR count). The van der Waals surface area contributed by atoms with Gasteiger partial charge in [0.15, 0.2) is 0 Å². The van der Waals surface area contributed by atoms with Crippen molar-refractivity contribution >= 4 is 12.0 Å². The molecule has 0 spiro atoms. The first-order valence-corrected chi connectivity index (χ1v) is 10.2. The Balaban J connectivity index is 1.64. The molecule has 1 heterocycles. The molecular formula is C22H32N2O4. The summed E-state index contributed by atoms with van der Waals surface area (Å²) >= 11 is 0. The highest BCUT2D eigenvalue weighted by atomic mass is 16.5. The summed E-state index contributed by atoms with van der Waals surface area (Å²) in [5.41, 5.74) is 0.886. The Morgan fingerprint density at radius 2 is 1.93 bits per heavy atom. The van der Waals surface area contributed by atoms with Gasteiger partial charge < -0.3 is 19.5 Å². The number of hydrogen-bond acceptors (Lipinski definition) is 5. The maximum atomic E-state index is 12.5. The first-order valence-electron chi connectivity index (χ1n) is 10.2. The van der Waals surface area contributed by atoms with E-state index >= 15 is 0 Å². The zero-order valence-corrected chi connectivity index (χ0v) is 17.0. The van der Waals surface area contributed by atoms with Crippen molar-refractivity contribution in [3.8, 4) is 11.5 Å². The monoisotopic (exact) mass is 388 g/mol. The molecule has 2 fully saturated rings. The van der Waals surface area contributed by atoms with Gasteiger partial charge in [-0.25, -0.2) is 0 Å². The minimum absolute atomic E-state index is 0.0686. The van der Waals surface area contributed by atoms with E-state index in [0.717, 1.165) is 50.5 Å². The Bertz CT molecular complexity index is 677. The highest BCUT2D eigenvalue weighted by molar-refractivity contribution is 5.92. The first kappa shape index (κ1) is 20.7. The van der Waals surface area contributed by atoms with Crippen LogP contribution in [-0.2, 0) is 9.53 Å². The summed E-state index contributed by atoms with van der Waals surface area (Å²) in [7, 11) is 3.24. The van der Waals surface area contributed by atoms with E-state index in [0.29, 0.717) is 12.3 Å². The number of morpholine rings is 1. The molecule has 28 heavy (non-hydrogen) atoms. The average Bonchev–Trinajstić information content (AvgIpc) is 2.77. The molecule has 1 N–H and O–H groups in total. The second-order valence-corrected chi connectivity index (χ2v) is 7.54. The van der Waals surface area contributed by atoms with Gasteiger partial charge in [-0.05, 0) is 37.1 Å². The molecule has 1 saturated heterocycles. The van der Waals surface area contributed by atoms with E-state index < -0.39 is 0 Å². The van der Waals surface area contributed by atoms with Crippen molar-refractivity contribution in [2.24, 2.45) is 0 Å². The Kier molecular flexibility index (Phi) is 7.34. The lowest BCUT2D eigenvalue weighted by Crippen LogP contribution is -2.59. The van der Waals surface area contributed by atoms with Gasteiger partial charge >= 0.3 is 0 Å². The van der Waals surface area contributed by atoms with Crippen molar-refractivity contribution in [2.45, 2.75) is 37.6 Å². The van der Waals surface area contributed by atoms with Gasteiger partial charge in [-0.1, -0.05) is 19.3 Å². The highest BCUT2D eigenvalue weighted by Gasteiger charge is 2.38. The van der Waals surface area contributed by atoms with E-state index in [-0.39, 0.29) is 11.4 Å². The number of ether oxygens (including phenoxy) is 3. The van der Waals surface area contributed by atoms with Crippen LogP contribution in [0.2, 0.25) is 0 Å². The molecule has 154 valence electrons. The van der Waals surface area contributed by atoms with Gasteiger partial charge in [0.05, 0.1) is 27.4 Å². The van der Waals surface area contributed by atoms with Gasteiger partial charge in [0, 0.05) is 36.8 Å². The predicted octanol–water partition coefficient (Wildman–Crippen LogP) is 2.87. The fourth-order valence-corrected chi connectivity index (χ4v) is 4.30. The fraction of sp³-hybridized carbons (Fsp3) is 0.591. The van der Waals surface area contributed by atoms with Gasteiger partial charge in [0.25, 0.3) is 0 Å². The maximum Gasteiger partial charge on any atom is 0.244 e. The molecule has 1 aliphatic carbocycles. The van der Waals surface area contributed by atoms with Gasteiger partial charge in [0.2, 0.25) is 5.91 Å². The van der Waals surface area contributed by atoms with Gasteiger partial charge in [-0.15, -0.1) is 0 Å². The number of nitrogens with zero attached hydrogens (tertiary/aromatic N) is 1. The third-order valence-electron chi connectivity index (χ3n) is 5.91. The number of amides is 1. The molecule has 0 unspecified atom stereocenters. The second-order valence-electron chi connectivity index (χ2n) is 7.54. The maximum absolute atomic E-state index is 12.5. The smallest absolute Gasteiger partial charge is 0.244 e. The summed E-state index contributed by atoms with van der Waals surface area (Å²) in [6, 6.07) is 5.54. The minimum atomic E-state index is -0.0805. The molecule has 1 aliphatic heterocycles. The van der Waals surface area contributed by atoms with E-state index in [9.17, 15) is 4.79 Å². The van der Waals surface area contributed by atoms with Crippen molar-refractivity contribution < 1.29 is 19.0 Å². The normalized spacial score (nSPS) is 20.1. The fourth-order valence-electron chi connectivity index (χ4n) is 4.30. The molecule has 1 amide bonds. The van der Waals surface area contributed by atoms with Crippen LogP contribution in [0.15, 0.2) is 24.3 Å². The molecule has 0 aromatic heterocycles. The molecule has 6 nitrogen and oxygen atoms in total. The lowest BCUT2D eigenvalue weighted by Gasteiger charge is -2.48. The lowest BCUT2D eigenvalue weighted by molar-refractivity contribution is -0.117. The standard InChI is InChI=1S/C22H32N2O4/c1-26-19-7-8-20(27-2)18(16-19)6-9-21(25)23-17-22(10-4-3-5-11-22)24-12-14-28-15-13-24/h6-9,16H,3-5,10-15,17H2,1-2H3,(H,23,25)/b9-6+. The summed E-state index contributed by atoms with van der Waals surface area (Å²) in [6.45, 7) is 4.15. The molecule has 0 radical (unpaired) electrons. The zero-order chi connectivity index (χ0) is 19.8. The summed E-state index contributed by atoms with van der Waals surface area (Å²) < 4.78 is 16.2. The van der Waals surface area contributed by atoms with E-state index in [2.05, 4.69) is 10.2 Å². The van der Waals surface area contributed by atoms with Crippen molar-refractivity contribution in [1.29, 1.82) is 0 Å². The molecule has 1 saturated carbocycles.